The number of hydrogen-bond acceptors (Lipinski definition) is 2. The van der Waals surface area contributed by atoms with Gasteiger partial charge in [0.05, 0.1) is 5.56 Å². The zero-order valence-electron chi connectivity index (χ0n) is 18.5. The van der Waals surface area contributed by atoms with E-state index in [9.17, 15) is 4.79 Å². The van der Waals surface area contributed by atoms with Gasteiger partial charge in [-0.1, -0.05) is 75.1 Å². The largest absolute Gasteiger partial charge is 0.340 e. The molecule has 5 rings (SSSR count). The van der Waals surface area contributed by atoms with Crippen molar-refractivity contribution in [2.45, 2.75) is 6.92 Å². The SMILES string of the molecule is Cc1ccc(C(=O)Nn2c(-c3ccc(Cl)cc3)n[n+](-c3ccccc3)c2-c2ccccc2)cc1. The molecule has 1 N–H and O–H groups in total. The molecule has 6 heteroatoms. The first kappa shape index (κ1) is 21.6. The second-order valence-electron chi connectivity index (χ2n) is 7.91. The first-order valence-corrected chi connectivity index (χ1v) is 11.3. The monoisotopic (exact) mass is 465 g/mol. The molecule has 0 aliphatic rings. The fourth-order valence-electron chi connectivity index (χ4n) is 3.73. The summed E-state index contributed by atoms with van der Waals surface area (Å²) in [6.45, 7) is 1.99. The molecule has 5 nitrogen and oxygen atoms in total. The summed E-state index contributed by atoms with van der Waals surface area (Å²) in [4.78, 5) is 13.3. The van der Waals surface area contributed by atoms with Crippen LogP contribution < -0.4 is 10.1 Å². The van der Waals surface area contributed by atoms with Gasteiger partial charge in [-0.05, 0) is 72.7 Å². The van der Waals surface area contributed by atoms with Crippen molar-refractivity contribution in [2.75, 3.05) is 5.43 Å². The molecule has 0 unspecified atom stereocenters. The van der Waals surface area contributed by atoms with Crippen molar-refractivity contribution >= 4 is 17.5 Å². The van der Waals surface area contributed by atoms with Gasteiger partial charge in [0, 0.05) is 16.1 Å². The van der Waals surface area contributed by atoms with Crippen LogP contribution in [0.15, 0.2) is 109 Å². The van der Waals surface area contributed by atoms with E-state index in [0.717, 1.165) is 28.2 Å². The number of aryl methyl sites for hydroxylation is 1. The number of nitrogens with zero attached hydrogens (tertiary/aromatic N) is 3. The molecule has 4 aromatic carbocycles. The highest BCUT2D eigenvalue weighted by atomic mass is 35.5. The lowest BCUT2D eigenvalue weighted by Gasteiger charge is -2.07. The average molecular weight is 466 g/mol. The van der Waals surface area contributed by atoms with Gasteiger partial charge in [0.2, 0.25) is 0 Å². The molecule has 0 spiro atoms. The van der Waals surface area contributed by atoms with Gasteiger partial charge in [0.25, 0.3) is 11.7 Å². The standard InChI is InChI=1S/C28H21ClN4O/c1-20-12-14-22(15-13-20)27(34)31-33-26(21-16-18-24(29)19-17-21)30-32(25-10-6-3-7-11-25)28(33)23-8-4-2-5-9-23/h2-19H,1H3/p+1. The molecular weight excluding hydrogens is 444 g/mol. The van der Waals surface area contributed by atoms with Crippen LogP contribution in [0, 0.1) is 6.92 Å². The Hall–Kier alpha value is -4.22. The smallest absolute Gasteiger partial charge is 0.266 e. The van der Waals surface area contributed by atoms with Crippen molar-refractivity contribution in [3.8, 4) is 28.5 Å². The van der Waals surface area contributed by atoms with Gasteiger partial charge >= 0.3 is 5.82 Å². The van der Waals surface area contributed by atoms with Crippen LogP contribution in [0.2, 0.25) is 5.02 Å². The zero-order valence-corrected chi connectivity index (χ0v) is 19.3. The summed E-state index contributed by atoms with van der Waals surface area (Å²) in [7, 11) is 0. The summed E-state index contributed by atoms with van der Waals surface area (Å²) in [5, 5.41) is 5.57. The molecule has 0 radical (unpaired) electrons. The molecule has 34 heavy (non-hydrogen) atoms. The van der Waals surface area contributed by atoms with Crippen LogP contribution >= 0.6 is 11.6 Å². The minimum Gasteiger partial charge on any atom is -0.266 e. The number of carbonyl (C=O) groups excluding carboxylic acids is 1. The van der Waals surface area contributed by atoms with Crippen molar-refractivity contribution in [3.63, 3.8) is 0 Å². The van der Waals surface area contributed by atoms with Crippen LogP contribution in [-0.4, -0.2) is 15.7 Å². The molecule has 5 aromatic rings. The van der Waals surface area contributed by atoms with Crippen LogP contribution in [0.25, 0.3) is 28.5 Å². The van der Waals surface area contributed by atoms with Gasteiger partial charge in [0.15, 0.2) is 5.69 Å². The first-order chi connectivity index (χ1) is 16.6. The van der Waals surface area contributed by atoms with Crippen LogP contribution in [0.3, 0.4) is 0 Å². The lowest BCUT2D eigenvalue weighted by atomic mass is 10.1. The fourth-order valence-corrected chi connectivity index (χ4v) is 3.86. The molecule has 0 fully saturated rings. The number of para-hydroxylation sites is 1. The molecule has 0 aliphatic carbocycles. The summed E-state index contributed by atoms with van der Waals surface area (Å²) in [6, 6.07) is 34.6. The van der Waals surface area contributed by atoms with Gasteiger partial charge in [-0.25, -0.2) is 0 Å². The molecule has 0 saturated heterocycles. The Labute approximate surface area is 202 Å². The number of hydrogen-bond donors (Lipinski definition) is 1. The third-order valence-corrected chi connectivity index (χ3v) is 5.73. The van der Waals surface area contributed by atoms with Crippen LogP contribution in [0.1, 0.15) is 15.9 Å². The molecule has 0 atom stereocenters. The minimum atomic E-state index is -0.231. The predicted molar refractivity (Wildman–Crippen MR) is 135 cm³/mol. The summed E-state index contributed by atoms with van der Waals surface area (Å²) in [6.07, 6.45) is 0. The van der Waals surface area contributed by atoms with Crippen molar-refractivity contribution in [1.82, 2.24) is 9.77 Å². The van der Waals surface area contributed by atoms with E-state index in [1.165, 1.54) is 0 Å². The quantitative estimate of drug-likeness (QED) is 0.331. The molecule has 0 saturated carbocycles. The highest BCUT2D eigenvalue weighted by Gasteiger charge is 2.31. The summed E-state index contributed by atoms with van der Waals surface area (Å²) in [5.74, 6) is 1.07. The fraction of sp³-hybridized carbons (Fsp3) is 0.0357. The summed E-state index contributed by atoms with van der Waals surface area (Å²) < 4.78 is 3.59. The third kappa shape index (κ3) is 4.34. The third-order valence-electron chi connectivity index (χ3n) is 5.48. The second-order valence-corrected chi connectivity index (χ2v) is 8.35. The lowest BCUT2D eigenvalue weighted by molar-refractivity contribution is -0.645. The molecule has 1 amide bonds. The van der Waals surface area contributed by atoms with Crippen LogP contribution in [0.4, 0.5) is 0 Å². The van der Waals surface area contributed by atoms with Crippen LogP contribution in [0.5, 0.6) is 0 Å². The van der Waals surface area contributed by atoms with E-state index in [1.54, 1.807) is 4.68 Å². The van der Waals surface area contributed by atoms with Crippen LogP contribution in [-0.2, 0) is 0 Å². The highest BCUT2D eigenvalue weighted by molar-refractivity contribution is 6.30. The van der Waals surface area contributed by atoms with Gasteiger partial charge in [0.1, 0.15) is 0 Å². The topological polar surface area (TPSA) is 50.8 Å². The normalized spacial score (nSPS) is 10.8. The summed E-state index contributed by atoms with van der Waals surface area (Å²) >= 11 is 6.14. The zero-order chi connectivity index (χ0) is 23.5. The first-order valence-electron chi connectivity index (χ1n) is 10.9. The number of nitrogens with one attached hydrogen (secondary N) is 1. The van der Waals surface area contributed by atoms with E-state index in [2.05, 4.69) is 5.43 Å². The van der Waals surface area contributed by atoms with Crippen molar-refractivity contribution in [2.24, 2.45) is 0 Å². The average Bonchev–Trinajstić information content (AvgIpc) is 3.25. The molecule has 0 bridgehead atoms. The second kappa shape index (κ2) is 9.33. The molecule has 1 aromatic heterocycles. The maximum absolute atomic E-state index is 13.3. The Morgan fingerprint density at radius 1 is 0.794 bits per heavy atom. The maximum atomic E-state index is 13.3. The molecular formula is C28H22ClN4O+. The number of benzene rings is 4. The van der Waals surface area contributed by atoms with Gasteiger partial charge in [-0.3, -0.25) is 4.79 Å². The van der Waals surface area contributed by atoms with E-state index in [0.29, 0.717) is 16.4 Å². The van der Waals surface area contributed by atoms with E-state index in [1.807, 2.05) is 121 Å². The number of halogens is 1. The Morgan fingerprint density at radius 2 is 1.41 bits per heavy atom. The van der Waals surface area contributed by atoms with Gasteiger partial charge < -0.3 is 0 Å². The van der Waals surface area contributed by atoms with Gasteiger partial charge in [-0.15, -0.1) is 0 Å². The Bertz CT molecular complexity index is 1430. The van der Waals surface area contributed by atoms with E-state index in [4.69, 9.17) is 16.7 Å². The predicted octanol–water partition coefficient (Wildman–Crippen LogP) is 5.84. The van der Waals surface area contributed by atoms with E-state index in [-0.39, 0.29) is 5.91 Å². The highest BCUT2D eigenvalue weighted by Crippen LogP contribution is 2.25. The van der Waals surface area contributed by atoms with Crippen molar-refractivity contribution < 1.29 is 9.48 Å². The van der Waals surface area contributed by atoms with Crippen molar-refractivity contribution in [1.29, 1.82) is 0 Å². The molecule has 1 heterocycles. The Kier molecular flexibility index (Phi) is 5.93. The molecule has 166 valence electrons. The number of rotatable bonds is 5. The maximum Gasteiger partial charge on any atom is 0.340 e. The van der Waals surface area contributed by atoms with E-state index < -0.39 is 0 Å². The minimum absolute atomic E-state index is 0.231. The lowest BCUT2D eigenvalue weighted by Crippen LogP contribution is -2.36. The van der Waals surface area contributed by atoms with Gasteiger partial charge in [-0.2, -0.15) is 5.43 Å². The summed E-state index contributed by atoms with van der Waals surface area (Å²) in [5.41, 5.74) is 7.33. The Balaban J connectivity index is 1.74. The molecule has 0 aliphatic heterocycles. The number of aromatic nitrogens is 3. The van der Waals surface area contributed by atoms with E-state index >= 15 is 0 Å². The number of carbonyl (C=O) groups is 1. The Morgan fingerprint density at radius 3 is 2.06 bits per heavy atom. The van der Waals surface area contributed by atoms with Crippen molar-refractivity contribution in [3.05, 3.63) is 125 Å². The number of amides is 1.